The van der Waals surface area contributed by atoms with Gasteiger partial charge in [-0.25, -0.2) is 4.98 Å². The number of hydrogen-bond donors (Lipinski definition) is 1. The summed E-state index contributed by atoms with van der Waals surface area (Å²) in [5.74, 6) is 0.721. The molecule has 2 fully saturated rings. The molecule has 2 aliphatic carbocycles. The molecule has 1 aromatic heterocycles. The zero-order valence-corrected chi connectivity index (χ0v) is 13.6. The molecule has 20 heavy (non-hydrogen) atoms. The van der Waals surface area contributed by atoms with Gasteiger partial charge in [0.05, 0.1) is 5.69 Å². The lowest BCUT2D eigenvalue weighted by Crippen LogP contribution is -2.15. The van der Waals surface area contributed by atoms with E-state index in [4.69, 9.17) is 4.98 Å². The van der Waals surface area contributed by atoms with Crippen molar-refractivity contribution in [3.05, 3.63) is 39.3 Å². The van der Waals surface area contributed by atoms with Crippen LogP contribution in [0.1, 0.15) is 42.2 Å². The quantitative estimate of drug-likeness (QED) is 0.846. The van der Waals surface area contributed by atoms with Gasteiger partial charge in [0, 0.05) is 33.4 Å². The summed E-state index contributed by atoms with van der Waals surface area (Å²) < 4.78 is 1.14. The van der Waals surface area contributed by atoms with E-state index >= 15 is 0 Å². The summed E-state index contributed by atoms with van der Waals surface area (Å²) in [6.07, 6.45) is 5.31. The number of thiazole rings is 1. The van der Waals surface area contributed by atoms with Crippen LogP contribution < -0.4 is 5.32 Å². The standard InChI is InChI=1S/C16H17BrN2S/c17-13-4-2-1-3-12(13)16-19-15(10-5-6-10)14(20-16)9-18-11-7-8-11/h1-4,10-11,18H,5-9H2. The summed E-state index contributed by atoms with van der Waals surface area (Å²) in [5, 5.41) is 4.79. The van der Waals surface area contributed by atoms with Crippen LogP contribution in [0.25, 0.3) is 10.6 Å². The zero-order chi connectivity index (χ0) is 13.5. The van der Waals surface area contributed by atoms with Gasteiger partial charge >= 0.3 is 0 Å². The molecular weight excluding hydrogens is 332 g/mol. The first-order valence-corrected chi connectivity index (χ1v) is 8.90. The Morgan fingerprint density at radius 2 is 2.00 bits per heavy atom. The van der Waals surface area contributed by atoms with E-state index in [-0.39, 0.29) is 0 Å². The molecule has 2 aliphatic rings. The van der Waals surface area contributed by atoms with Crippen LogP contribution in [0, 0.1) is 0 Å². The second-order valence-corrected chi connectivity index (χ2v) is 7.67. The molecule has 0 unspecified atom stereocenters. The summed E-state index contributed by atoms with van der Waals surface area (Å²) in [6.45, 7) is 0.999. The maximum Gasteiger partial charge on any atom is 0.125 e. The van der Waals surface area contributed by atoms with Crippen molar-refractivity contribution in [3.8, 4) is 10.6 Å². The summed E-state index contributed by atoms with van der Waals surface area (Å²) >= 11 is 5.50. The molecule has 0 amide bonds. The van der Waals surface area contributed by atoms with Gasteiger partial charge in [-0.15, -0.1) is 11.3 Å². The third-order valence-corrected chi connectivity index (χ3v) is 5.72. The normalized spacial score (nSPS) is 18.4. The van der Waals surface area contributed by atoms with Gasteiger partial charge in [0.25, 0.3) is 0 Å². The van der Waals surface area contributed by atoms with Crippen LogP contribution in [0.3, 0.4) is 0 Å². The van der Waals surface area contributed by atoms with E-state index in [0.29, 0.717) is 0 Å². The van der Waals surface area contributed by atoms with E-state index in [2.05, 4.69) is 45.5 Å². The van der Waals surface area contributed by atoms with Crippen LogP contribution in [0.15, 0.2) is 28.7 Å². The predicted octanol–water partition coefficient (Wildman–Crippen LogP) is 4.70. The number of rotatable bonds is 5. The van der Waals surface area contributed by atoms with Gasteiger partial charge < -0.3 is 5.32 Å². The van der Waals surface area contributed by atoms with Crippen molar-refractivity contribution in [2.45, 2.75) is 44.2 Å². The van der Waals surface area contributed by atoms with Crippen LogP contribution in [0.4, 0.5) is 0 Å². The van der Waals surface area contributed by atoms with Gasteiger partial charge in [0.1, 0.15) is 5.01 Å². The van der Waals surface area contributed by atoms with Gasteiger partial charge in [-0.3, -0.25) is 0 Å². The zero-order valence-electron chi connectivity index (χ0n) is 11.2. The Balaban J connectivity index is 1.66. The third-order valence-electron chi connectivity index (χ3n) is 3.92. The first kappa shape index (κ1) is 13.0. The summed E-state index contributed by atoms with van der Waals surface area (Å²) in [4.78, 5) is 6.40. The van der Waals surface area contributed by atoms with Crippen molar-refractivity contribution >= 4 is 27.3 Å². The topological polar surface area (TPSA) is 24.9 Å². The lowest BCUT2D eigenvalue weighted by Gasteiger charge is -2.01. The highest BCUT2D eigenvalue weighted by Gasteiger charge is 2.30. The molecule has 1 aromatic carbocycles. The lowest BCUT2D eigenvalue weighted by atomic mass is 10.2. The Morgan fingerprint density at radius 1 is 1.20 bits per heavy atom. The molecule has 104 valence electrons. The molecule has 0 radical (unpaired) electrons. The molecule has 1 N–H and O–H groups in total. The molecule has 0 bridgehead atoms. The number of nitrogens with zero attached hydrogens (tertiary/aromatic N) is 1. The van der Waals surface area contributed by atoms with Gasteiger partial charge in [-0.1, -0.05) is 34.1 Å². The third kappa shape index (κ3) is 2.69. The predicted molar refractivity (Wildman–Crippen MR) is 87.1 cm³/mol. The number of hydrogen-bond acceptors (Lipinski definition) is 3. The molecule has 0 aliphatic heterocycles. The Labute approximate surface area is 131 Å². The highest BCUT2D eigenvalue weighted by molar-refractivity contribution is 9.10. The lowest BCUT2D eigenvalue weighted by molar-refractivity contribution is 0.688. The molecule has 2 nitrogen and oxygen atoms in total. The number of halogens is 1. The fourth-order valence-corrected chi connectivity index (χ4v) is 4.18. The van der Waals surface area contributed by atoms with Crippen LogP contribution >= 0.6 is 27.3 Å². The van der Waals surface area contributed by atoms with Gasteiger partial charge in [0.15, 0.2) is 0 Å². The van der Waals surface area contributed by atoms with Crippen molar-refractivity contribution in [1.29, 1.82) is 0 Å². The molecule has 0 atom stereocenters. The SMILES string of the molecule is Brc1ccccc1-c1nc(C2CC2)c(CNC2CC2)s1. The van der Waals surface area contributed by atoms with Crippen molar-refractivity contribution in [2.75, 3.05) is 0 Å². The van der Waals surface area contributed by atoms with Crippen LogP contribution in [0.2, 0.25) is 0 Å². The largest absolute Gasteiger partial charge is 0.309 e. The average Bonchev–Trinajstić information content (AvgIpc) is 3.36. The maximum absolute atomic E-state index is 4.95. The molecular formula is C16H17BrN2S. The van der Waals surface area contributed by atoms with Gasteiger partial charge in [0.2, 0.25) is 0 Å². The van der Waals surface area contributed by atoms with Crippen molar-refractivity contribution < 1.29 is 0 Å². The molecule has 4 rings (SSSR count). The Morgan fingerprint density at radius 3 is 2.70 bits per heavy atom. The minimum absolute atomic E-state index is 0.721. The second kappa shape index (κ2) is 5.24. The summed E-state index contributed by atoms with van der Waals surface area (Å²) in [6, 6.07) is 9.14. The van der Waals surface area contributed by atoms with E-state index < -0.39 is 0 Å². The van der Waals surface area contributed by atoms with E-state index in [9.17, 15) is 0 Å². The minimum Gasteiger partial charge on any atom is -0.309 e. The minimum atomic E-state index is 0.721. The number of aromatic nitrogens is 1. The van der Waals surface area contributed by atoms with E-state index in [0.717, 1.165) is 28.0 Å². The maximum atomic E-state index is 4.95. The molecule has 1 heterocycles. The van der Waals surface area contributed by atoms with Gasteiger partial charge in [-0.05, 0) is 31.7 Å². The summed E-state index contributed by atoms with van der Waals surface area (Å²) in [7, 11) is 0. The fourth-order valence-electron chi connectivity index (χ4n) is 2.44. The first-order valence-electron chi connectivity index (χ1n) is 7.29. The Hall–Kier alpha value is -0.710. The molecule has 2 saturated carbocycles. The molecule has 4 heteroatoms. The highest BCUT2D eigenvalue weighted by Crippen LogP contribution is 2.45. The molecule has 0 saturated heterocycles. The Bertz CT molecular complexity index is 629. The molecule has 0 spiro atoms. The van der Waals surface area contributed by atoms with Crippen molar-refractivity contribution in [1.82, 2.24) is 10.3 Å². The van der Waals surface area contributed by atoms with Gasteiger partial charge in [-0.2, -0.15) is 0 Å². The van der Waals surface area contributed by atoms with E-state index in [1.807, 2.05) is 11.3 Å². The molecule has 2 aromatic rings. The second-order valence-electron chi connectivity index (χ2n) is 5.74. The first-order chi connectivity index (χ1) is 9.81. The van der Waals surface area contributed by atoms with Crippen LogP contribution in [-0.2, 0) is 6.54 Å². The summed E-state index contributed by atoms with van der Waals surface area (Å²) in [5.41, 5.74) is 2.57. The Kier molecular flexibility index (Phi) is 3.41. The van der Waals surface area contributed by atoms with E-state index in [1.54, 1.807) is 0 Å². The van der Waals surface area contributed by atoms with Crippen LogP contribution in [-0.4, -0.2) is 11.0 Å². The highest BCUT2D eigenvalue weighted by atomic mass is 79.9. The average molecular weight is 349 g/mol. The number of benzene rings is 1. The van der Waals surface area contributed by atoms with Crippen LogP contribution in [0.5, 0.6) is 0 Å². The van der Waals surface area contributed by atoms with E-state index in [1.165, 1.54) is 41.8 Å². The number of nitrogens with one attached hydrogen (secondary N) is 1. The smallest absolute Gasteiger partial charge is 0.125 e. The monoisotopic (exact) mass is 348 g/mol. The fraction of sp³-hybridized carbons (Fsp3) is 0.438. The van der Waals surface area contributed by atoms with Crippen molar-refractivity contribution in [3.63, 3.8) is 0 Å². The van der Waals surface area contributed by atoms with Crippen molar-refractivity contribution in [2.24, 2.45) is 0 Å².